The molecule has 0 aromatic rings. The van der Waals surface area contributed by atoms with Crippen molar-refractivity contribution in [2.75, 3.05) is 6.61 Å². The summed E-state index contributed by atoms with van der Waals surface area (Å²) in [5, 5.41) is 9.38. The molecule has 2 rings (SSSR count). The Kier molecular flexibility index (Phi) is 1.74. The number of aliphatic hydroxyl groups is 1. The van der Waals surface area contributed by atoms with Gasteiger partial charge in [0.15, 0.2) is 0 Å². The van der Waals surface area contributed by atoms with Crippen molar-refractivity contribution in [1.82, 2.24) is 0 Å². The Labute approximate surface area is 68.7 Å². The van der Waals surface area contributed by atoms with Gasteiger partial charge in [0, 0.05) is 23.8 Å². The number of rotatable bonds is 0. The molecular formula is C7H11BrO2. The largest absolute Gasteiger partial charge is 0.392 e. The Morgan fingerprint density at radius 1 is 1.50 bits per heavy atom. The van der Waals surface area contributed by atoms with E-state index in [0.717, 1.165) is 19.4 Å². The highest BCUT2D eigenvalue weighted by Crippen LogP contribution is 2.40. The highest BCUT2D eigenvalue weighted by Gasteiger charge is 2.44. The number of fused-ring (bicyclic) bond motifs is 1. The summed E-state index contributed by atoms with van der Waals surface area (Å²) in [5.41, 5.74) is 0. The molecule has 1 saturated carbocycles. The zero-order valence-electron chi connectivity index (χ0n) is 5.66. The predicted octanol–water partition coefficient (Wildman–Crippen LogP) is 0.920. The van der Waals surface area contributed by atoms with Crippen molar-refractivity contribution in [2.45, 2.75) is 29.9 Å². The van der Waals surface area contributed by atoms with Gasteiger partial charge >= 0.3 is 0 Å². The molecule has 0 aromatic heterocycles. The van der Waals surface area contributed by atoms with Gasteiger partial charge < -0.3 is 9.84 Å². The SMILES string of the molecule is O[C@@H]1C[C@H]2OCC[C@H]2[C@H]1Br. The number of halogens is 1. The number of aliphatic hydroxyl groups excluding tert-OH is 1. The maximum atomic E-state index is 9.38. The van der Waals surface area contributed by atoms with E-state index in [2.05, 4.69) is 15.9 Å². The first-order valence-corrected chi connectivity index (χ1v) is 4.64. The molecule has 2 aliphatic rings. The van der Waals surface area contributed by atoms with Gasteiger partial charge in [0.2, 0.25) is 0 Å². The molecule has 1 saturated heterocycles. The van der Waals surface area contributed by atoms with Gasteiger partial charge in [0.1, 0.15) is 0 Å². The fourth-order valence-corrected chi connectivity index (χ4v) is 2.75. The molecule has 3 heteroatoms. The zero-order valence-corrected chi connectivity index (χ0v) is 7.25. The lowest BCUT2D eigenvalue weighted by molar-refractivity contribution is 0.0825. The second-order valence-corrected chi connectivity index (χ2v) is 4.17. The van der Waals surface area contributed by atoms with E-state index in [1.807, 2.05) is 0 Å². The van der Waals surface area contributed by atoms with Gasteiger partial charge in [-0.25, -0.2) is 0 Å². The maximum absolute atomic E-state index is 9.38. The summed E-state index contributed by atoms with van der Waals surface area (Å²) in [6.07, 6.45) is 2.08. The van der Waals surface area contributed by atoms with E-state index >= 15 is 0 Å². The minimum absolute atomic E-state index is 0.185. The third kappa shape index (κ3) is 0.917. The zero-order chi connectivity index (χ0) is 7.14. The van der Waals surface area contributed by atoms with Crippen LogP contribution in [-0.4, -0.2) is 28.7 Å². The van der Waals surface area contributed by atoms with E-state index in [1.165, 1.54) is 0 Å². The first-order chi connectivity index (χ1) is 4.79. The van der Waals surface area contributed by atoms with Crippen LogP contribution >= 0.6 is 15.9 Å². The number of alkyl halides is 1. The van der Waals surface area contributed by atoms with Crippen molar-refractivity contribution >= 4 is 15.9 Å². The number of hydrogen-bond acceptors (Lipinski definition) is 2. The second-order valence-electron chi connectivity index (χ2n) is 3.11. The monoisotopic (exact) mass is 206 g/mol. The van der Waals surface area contributed by atoms with Crippen LogP contribution in [0.5, 0.6) is 0 Å². The lowest BCUT2D eigenvalue weighted by atomic mass is 10.1. The van der Waals surface area contributed by atoms with Crippen LogP contribution in [0.2, 0.25) is 0 Å². The summed E-state index contributed by atoms with van der Waals surface area (Å²) in [4.78, 5) is 0.278. The summed E-state index contributed by atoms with van der Waals surface area (Å²) in [6, 6.07) is 0. The fourth-order valence-electron chi connectivity index (χ4n) is 1.93. The van der Waals surface area contributed by atoms with Gasteiger partial charge in [-0.1, -0.05) is 15.9 Å². The Morgan fingerprint density at radius 2 is 2.30 bits per heavy atom. The van der Waals surface area contributed by atoms with Crippen LogP contribution < -0.4 is 0 Å². The number of hydrogen-bond donors (Lipinski definition) is 1. The molecule has 0 spiro atoms. The van der Waals surface area contributed by atoms with Crippen LogP contribution in [0, 0.1) is 5.92 Å². The molecule has 2 nitrogen and oxygen atoms in total. The molecule has 0 aromatic carbocycles. The van der Waals surface area contributed by atoms with E-state index in [0.29, 0.717) is 12.0 Å². The molecule has 1 N–H and O–H groups in total. The van der Waals surface area contributed by atoms with Crippen molar-refractivity contribution in [3.8, 4) is 0 Å². The maximum Gasteiger partial charge on any atom is 0.0693 e. The van der Waals surface area contributed by atoms with Crippen LogP contribution in [0.15, 0.2) is 0 Å². The lowest BCUT2D eigenvalue weighted by Gasteiger charge is -2.10. The lowest BCUT2D eigenvalue weighted by Crippen LogP contribution is -2.18. The van der Waals surface area contributed by atoms with E-state index in [9.17, 15) is 5.11 Å². The molecule has 2 fully saturated rings. The molecule has 10 heavy (non-hydrogen) atoms. The molecule has 1 heterocycles. The molecule has 1 aliphatic carbocycles. The van der Waals surface area contributed by atoms with E-state index in [4.69, 9.17) is 4.74 Å². The van der Waals surface area contributed by atoms with Crippen molar-refractivity contribution in [3.63, 3.8) is 0 Å². The van der Waals surface area contributed by atoms with Crippen molar-refractivity contribution in [1.29, 1.82) is 0 Å². The highest BCUT2D eigenvalue weighted by atomic mass is 79.9. The molecule has 0 unspecified atom stereocenters. The van der Waals surface area contributed by atoms with Gasteiger partial charge in [-0.15, -0.1) is 0 Å². The topological polar surface area (TPSA) is 29.5 Å². The average molecular weight is 207 g/mol. The van der Waals surface area contributed by atoms with Crippen molar-refractivity contribution < 1.29 is 9.84 Å². The summed E-state index contributed by atoms with van der Waals surface area (Å²) in [5.74, 6) is 0.565. The predicted molar refractivity (Wildman–Crippen MR) is 41.2 cm³/mol. The Morgan fingerprint density at radius 3 is 3.00 bits per heavy atom. The molecule has 1 aliphatic heterocycles. The average Bonchev–Trinajstić information content (AvgIpc) is 2.41. The molecule has 0 bridgehead atoms. The molecule has 58 valence electrons. The first kappa shape index (κ1) is 7.07. The minimum atomic E-state index is -0.185. The highest BCUT2D eigenvalue weighted by molar-refractivity contribution is 9.09. The molecular weight excluding hydrogens is 196 g/mol. The van der Waals surface area contributed by atoms with Gasteiger partial charge in [0.05, 0.1) is 12.2 Å². The Balaban J connectivity index is 2.09. The van der Waals surface area contributed by atoms with Crippen molar-refractivity contribution in [3.05, 3.63) is 0 Å². The van der Waals surface area contributed by atoms with Gasteiger partial charge in [0.25, 0.3) is 0 Å². The van der Waals surface area contributed by atoms with Crippen LogP contribution in [0.4, 0.5) is 0 Å². The smallest absolute Gasteiger partial charge is 0.0693 e. The standard InChI is InChI=1S/C7H11BrO2/c8-7-4-1-2-10-6(4)3-5(7)9/h4-7,9H,1-3H2/t4-,5-,6-,7-/m1/s1. The van der Waals surface area contributed by atoms with E-state index in [1.54, 1.807) is 0 Å². The van der Waals surface area contributed by atoms with Gasteiger partial charge in [-0.05, 0) is 6.42 Å². The van der Waals surface area contributed by atoms with E-state index in [-0.39, 0.29) is 10.9 Å². The fraction of sp³-hybridized carbons (Fsp3) is 1.00. The normalized spacial score (nSPS) is 53.4. The summed E-state index contributed by atoms with van der Waals surface area (Å²) < 4.78 is 5.43. The summed E-state index contributed by atoms with van der Waals surface area (Å²) in [6.45, 7) is 0.879. The minimum Gasteiger partial charge on any atom is -0.392 e. The first-order valence-electron chi connectivity index (χ1n) is 3.73. The summed E-state index contributed by atoms with van der Waals surface area (Å²) >= 11 is 3.48. The molecule has 4 atom stereocenters. The Bertz CT molecular complexity index is 138. The van der Waals surface area contributed by atoms with E-state index < -0.39 is 0 Å². The van der Waals surface area contributed by atoms with Crippen LogP contribution in [-0.2, 0) is 4.74 Å². The van der Waals surface area contributed by atoms with Gasteiger partial charge in [-0.3, -0.25) is 0 Å². The Hall–Kier alpha value is 0.400. The third-order valence-corrected chi connectivity index (χ3v) is 3.80. The second kappa shape index (κ2) is 2.47. The molecule has 0 amide bonds. The molecule has 0 radical (unpaired) electrons. The van der Waals surface area contributed by atoms with Gasteiger partial charge in [-0.2, -0.15) is 0 Å². The number of ether oxygens (including phenoxy) is 1. The van der Waals surface area contributed by atoms with Crippen LogP contribution in [0.3, 0.4) is 0 Å². The van der Waals surface area contributed by atoms with Crippen LogP contribution in [0.1, 0.15) is 12.8 Å². The van der Waals surface area contributed by atoms with Crippen LogP contribution in [0.25, 0.3) is 0 Å². The third-order valence-electron chi connectivity index (χ3n) is 2.51. The van der Waals surface area contributed by atoms with Crippen molar-refractivity contribution in [2.24, 2.45) is 5.92 Å². The quantitative estimate of drug-likeness (QED) is 0.598. The summed E-state index contributed by atoms with van der Waals surface area (Å²) in [7, 11) is 0.